The van der Waals surface area contributed by atoms with Crippen LogP contribution in [0.25, 0.3) is 0 Å². The quantitative estimate of drug-likeness (QED) is 0.522. The van der Waals surface area contributed by atoms with Crippen LogP contribution >= 0.6 is 8.17 Å². The molecule has 0 aromatic carbocycles. The zero-order valence-corrected chi connectivity index (χ0v) is 12.3. The lowest BCUT2D eigenvalue weighted by Gasteiger charge is -2.33. The van der Waals surface area contributed by atoms with E-state index in [1.165, 1.54) is 33.5 Å². The average Bonchev–Trinajstić information content (AvgIpc) is 2.30. The molecule has 1 saturated carbocycles. The molecule has 1 rings (SSSR count). The van der Waals surface area contributed by atoms with Gasteiger partial charge in [0.25, 0.3) is 0 Å². The normalized spacial score (nSPS) is 22.3. The first-order valence-corrected chi connectivity index (χ1v) is 7.84. The fraction of sp³-hybridized carbons (Fsp3) is 1.00. The SMILES string of the molecule is [B]C(C)C(N)C(CC1CCC1)O[P+](O)(OC)OC. The summed E-state index contributed by atoms with van der Waals surface area (Å²) in [6, 6.07) is -0.345. The van der Waals surface area contributed by atoms with E-state index in [1.54, 1.807) is 0 Å². The second kappa shape index (κ2) is 7.18. The molecule has 1 fully saturated rings. The fourth-order valence-corrected chi connectivity index (χ4v) is 2.89. The summed E-state index contributed by atoms with van der Waals surface area (Å²) in [5, 5.41) is 0. The number of nitrogens with two attached hydrogens (primary N) is 1. The number of hydrogen-bond acceptors (Lipinski definition) is 5. The lowest BCUT2D eigenvalue weighted by molar-refractivity contribution is 0.0424. The van der Waals surface area contributed by atoms with E-state index < -0.39 is 8.17 Å². The Morgan fingerprint density at radius 3 is 2.28 bits per heavy atom. The largest absolute Gasteiger partial charge is 0.572 e. The van der Waals surface area contributed by atoms with Crippen molar-refractivity contribution in [2.75, 3.05) is 14.2 Å². The van der Waals surface area contributed by atoms with E-state index in [1.807, 2.05) is 6.92 Å². The minimum absolute atomic E-state index is 0.211. The monoisotopic (exact) mass is 276 g/mol. The highest BCUT2D eigenvalue weighted by atomic mass is 31.2. The maximum absolute atomic E-state index is 9.98. The van der Waals surface area contributed by atoms with Crippen LogP contribution in [-0.2, 0) is 13.6 Å². The van der Waals surface area contributed by atoms with Crippen LogP contribution < -0.4 is 5.73 Å². The summed E-state index contributed by atoms with van der Waals surface area (Å²) in [6.45, 7) is 1.83. The van der Waals surface area contributed by atoms with Gasteiger partial charge in [0.2, 0.25) is 0 Å². The summed E-state index contributed by atoms with van der Waals surface area (Å²) in [5.41, 5.74) is 6.05. The summed E-state index contributed by atoms with van der Waals surface area (Å²) >= 11 is 0. The third-order valence-electron chi connectivity index (χ3n) is 3.56. The van der Waals surface area contributed by atoms with Crippen molar-refractivity contribution in [3.63, 3.8) is 0 Å². The predicted octanol–water partition coefficient (Wildman–Crippen LogP) is 1.83. The van der Waals surface area contributed by atoms with Crippen molar-refractivity contribution in [2.24, 2.45) is 11.7 Å². The van der Waals surface area contributed by atoms with Crippen LogP contribution in [0.3, 0.4) is 0 Å². The van der Waals surface area contributed by atoms with Gasteiger partial charge in [-0.15, -0.1) is 4.52 Å². The molecule has 2 radical (unpaired) electrons. The third kappa shape index (κ3) is 4.44. The first-order chi connectivity index (χ1) is 8.41. The molecule has 3 atom stereocenters. The zero-order valence-electron chi connectivity index (χ0n) is 11.4. The lowest BCUT2D eigenvalue weighted by atomic mass is 9.75. The molecule has 104 valence electrons. The summed E-state index contributed by atoms with van der Waals surface area (Å²) < 4.78 is 15.4. The van der Waals surface area contributed by atoms with Crippen LogP contribution in [0.5, 0.6) is 0 Å². The van der Waals surface area contributed by atoms with Gasteiger partial charge in [0.05, 0.1) is 22.1 Å². The molecule has 0 amide bonds. The molecule has 0 aliphatic heterocycles. The van der Waals surface area contributed by atoms with Gasteiger partial charge in [0.1, 0.15) is 6.10 Å². The Balaban J connectivity index is 2.63. The molecule has 5 nitrogen and oxygen atoms in total. The molecule has 3 N–H and O–H groups in total. The van der Waals surface area contributed by atoms with E-state index in [-0.39, 0.29) is 18.0 Å². The molecule has 1 aliphatic rings. The molecule has 0 aromatic rings. The van der Waals surface area contributed by atoms with Gasteiger partial charge < -0.3 is 5.73 Å². The van der Waals surface area contributed by atoms with Crippen LogP contribution in [0, 0.1) is 5.92 Å². The topological polar surface area (TPSA) is 73.9 Å². The molecular formula is C11H24BNO4P+. The van der Waals surface area contributed by atoms with Crippen molar-refractivity contribution in [3.05, 3.63) is 0 Å². The van der Waals surface area contributed by atoms with Crippen LogP contribution in [-0.4, -0.2) is 39.1 Å². The van der Waals surface area contributed by atoms with E-state index in [0.717, 1.165) is 6.42 Å². The van der Waals surface area contributed by atoms with Crippen molar-refractivity contribution in [2.45, 2.75) is 50.6 Å². The molecule has 1 aliphatic carbocycles. The Kier molecular flexibility index (Phi) is 6.52. The highest BCUT2D eigenvalue weighted by Gasteiger charge is 2.47. The molecule has 0 heterocycles. The van der Waals surface area contributed by atoms with Crippen LogP contribution in [0.2, 0.25) is 5.82 Å². The maximum Gasteiger partial charge on any atom is 0.572 e. The van der Waals surface area contributed by atoms with Gasteiger partial charge in [-0.25, -0.2) is 0 Å². The molecule has 0 bridgehead atoms. The van der Waals surface area contributed by atoms with Crippen molar-refractivity contribution < 1.29 is 18.5 Å². The third-order valence-corrected chi connectivity index (χ3v) is 5.02. The van der Waals surface area contributed by atoms with Crippen LogP contribution in [0.15, 0.2) is 0 Å². The van der Waals surface area contributed by atoms with Crippen LogP contribution in [0.1, 0.15) is 32.6 Å². The van der Waals surface area contributed by atoms with Gasteiger partial charge >= 0.3 is 8.17 Å². The molecule has 7 heteroatoms. The molecule has 18 heavy (non-hydrogen) atoms. The predicted molar refractivity (Wildman–Crippen MR) is 73.1 cm³/mol. The zero-order chi connectivity index (χ0) is 13.8. The summed E-state index contributed by atoms with van der Waals surface area (Å²) in [6.07, 6.45) is 4.06. The van der Waals surface area contributed by atoms with Gasteiger partial charge in [-0.05, 0) is 12.3 Å². The van der Waals surface area contributed by atoms with Gasteiger partial charge in [0, 0.05) is 6.04 Å². The molecule has 0 aromatic heterocycles. The standard InChI is InChI=1S/C11H24BNO4P/c1-8(12)11(13)10(7-9-5-4-6-9)17-18(14,15-2)16-3/h8-11,14H,4-7,13H2,1-3H3/q+1. The van der Waals surface area contributed by atoms with Crippen molar-refractivity contribution in [3.8, 4) is 0 Å². The Morgan fingerprint density at radius 2 is 1.94 bits per heavy atom. The summed E-state index contributed by atoms with van der Waals surface area (Å²) in [4.78, 5) is 9.98. The number of hydrogen-bond donors (Lipinski definition) is 2. The highest BCUT2D eigenvalue weighted by Crippen LogP contribution is 2.58. The molecule has 0 spiro atoms. The maximum atomic E-state index is 9.98. The highest BCUT2D eigenvalue weighted by molar-refractivity contribution is 7.55. The molecule has 0 saturated heterocycles. The fourth-order valence-electron chi connectivity index (χ4n) is 2.00. The molecule has 3 unspecified atom stereocenters. The van der Waals surface area contributed by atoms with Gasteiger partial charge in [0.15, 0.2) is 0 Å². The first kappa shape index (κ1) is 16.3. The van der Waals surface area contributed by atoms with E-state index in [0.29, 0.717) is 5.92 Å². The Bertz CT molecular complexity index is 249. The number of rotatable bonds is 8. The second-order valence-corrected chi connectivity index (χ2v) is 6.82. The van der Waals surface area contributed by atoms with Crippen molar-refractivity contribution in [1.82, 2.24) is 0 Å². The molecular weight excluding hydrogens is 252 g/mol. The van der Waals surface area contributed by atoms with E-state index in [4.69, 9.17) is 27.2 Å². The Labute approximate surface area is 111 Å². The first-order valence-electron chi connectivity index (χ1n) is 6.34. The minimum atomic E-state index is -3.26. The van der Waals surface area contributed by atoms with Crippen molar-refractivity contribution >= 4 is 16.0 Å². The van der Waals surface area contributed by atoms with E-state index >= 15 is 0 Å². The van der Waals surface area contributed by atoms with Gasteiger partial charge in [-0.3, -0.25) is 0 Å². The lowest BCUT2D eigenvalue weighted by Crippen LogP contribution is -2.41. The van der Waals surface area contributed by atoms with E-state index in [2.05, 4.69) is 0 Å². The van der Waals surface area contributed by atoms with Crippen molar-refractivity contribution in [1.29, 1.82) is 0 Å². The summed E-state index contributed by atoms with van der Waals surface area (Å²) in [7, 11) is 5.27. The second-order valence-electron chi connectivity index (χ2n) is 4.95. The average molecular weight is 276 g/mol. The van der Waals surface area contributed by atoms with E-state index in [9.17, 15) is 4.89 Å². The Morgan fingerprint density at radius 1 is 1.39 bits per heavy atom. The van der Waals surface area contributed by atoms with Gasteiger partial charge in [-0.1, -0.05) is 32.0 Å². The van der Waals surface area contributed by atoms with Gasteiger partial charge in [-0.2, -0.15) is 13.9 Å². The minimum Gasteiger partial charge on any atom is -0.326 e. The summed E-state index contributed by atoms with van der Waals surface area (Å²) in [5.74, 6) is 0.388. The smallest absolute Gasteiger partial charge is 0.326 e. The van der Waals surface area contributed by atoms with Crippen LogP contribution in [0.4, 0.5) is 0 Å². The Hall–Kier alpha value is 0.295.